The Morgan fingerprint density at radius 2 is 1.44 bits per heavy atom. The highest BCUT2D eigenvalue weighted by molar-refractivity contribution is 5.05. The van der Waals surface area contributed by atoms with Gasteiger partial charge in [0.1, 0.15) is 6.10 Å². The minimum Gasteiger partial charge on any atom is -0.390 e. The van der Waals surface area contributed by atoms with Crippen LogP contribution < -0.4 is 0 Å². The Labute approximate surface area is 163 Å². The fraction of sp³-hybridized carbons (Fsp3) is 1.00. The molecule has 6 heteroatoms. The van der Waals surface area contributed by atoms with Crippen LogP contribution in [-0.2, 0) is 18.9 Å². The summed E-state index contributed by atoms with van der Waals surface area (Å²) >= 11 is 0. The van der Waals surface area contributed by atoms with Crippen molar-refractivity contribution in [3.8, 4) is 0 Å². The largest absolute Gasteiger partial charge is 0.390 e. The van der Waals surface area contributed by atoms with Gasteiger partial charge in [-0.1, -0.05) is 0 Å². The molecule has 0 radical (unpaired) electrons. The fourth-order valence-electron chi connectivity index (χ4n) is 6.91. The van der Waals surface area contributed by atoms with Crippen molar-refractivity contribution in [2.45, 2.75) is 68.7 Å². The molecule has 0 aromatic heterocycles. The molecule has 0 spiro atoms. The van der Waals surface area contributed by atoms with E-state index in [0.717, 1.165) is 38.1 Å². The summed E-state index contributed by atoms with van der Waals surface area (Å²) in [5, 5.41) is 10.6. The molecular formula is C21H37NO5. The van der Waals surface area contributed by atoms with Crippen molar-refractivity contribution in [2.24, 2.45) is 23.7 Å². The van der Waals surface area contributed by atoms with Crippen LogP contribution in [0.15, 0.2) is 0 Å². The summed E-state index contributed by atoms with van der Waals surface area (Å²) in [7, 11) is 7.09. The molecule has 2 heterocycles. The third-order valence-corrected chi connectivity index (χ3v) is 8.22. The molecule has 2 aliphatic heterocycles. The summed E-state index contributed by atoms with van der Waals surface area (Å²) in [6.07, 6.45) is 5.24. The lowest BCUT2D eigenvalue weighted by molar-refractivity contribution is -0.187. The smallest absolute Gasteiger partial charge is 0.109 e. The van der Waals surface area contributed by atoms with Crippen molar-refractivity contribution in [1.82, 2.24) is 4.90 Å². The normalized spacial score (nSPS) is 50.6. The van der Waals surface area contributed by atoms with E-state index >= 15 is 0 Å². The predicted molar refractivity (Wildman–Crippen MR) is 102 cm³/mol. The molecule has 0 aromatic rings. The van der Waals surface area contributed by atoms with Crippen LogP contribution in [0.1, 0.15) is 32.1 Å². The highest BCUT2D eigenvalue weighted by Gasteiger charge is 2.53. The van der Waals surface area contributed by atoms with E-state index in [1.807, 2.05) is 14.2 Å². The fourth-order valence-corrected chi connectivity index (χ4v) is 6.91. The summed E-state index contributed by atoms with van der Waals surface area (Å²) in [5.74, 6) is 2.37. The second-order valence-electron chi connectivity index (χ2n) is 9.16. The molecule has 4 aliphatic rings. The van der Waals surface area contributed by atoms with E-state index in [2.05, 4.69) is 4.90 Å². The van der Waals surface area contributed by atoms with E-state index in [-0.39, 0.29) is 24.4 Å². The van der Waals surface area contributed by atoms with Crippen molar-refractivity contribution in [3.63, 3.8) is 0 Å². The van der Waals surface area contributed by atoms with Crippen molar-refractivity contribution in [1.29, 1.82) is 0 Å². The molecule has 1 N–H and O–H groups in total. The van der Waals surface area contributed by atoms with Gasteiger partial charge in [0.25, 0.3) is 0 Å². The Morgan fingerprint density at radius 3 is 2.11 bits per heavy atom. The zero-order valence-corrected chi connectivity index (χ0v) is 17.3. The summed E-state index contributed by atoms with van der Waals surface area (Å²) in [5.41, 5.74) is 0. The molecule has 10 atom stereocenters. The lowest BCUT2D eigenvalue weighted by atomic mass is 9.62. The second-order valence-corrected chi connectivity index (χ2v) is 9.16. The number of piperidine rings is 2. The molecule has 0 amide bonds. The molecule has 0 aromatic carbocycles. The third-order valence-electron chi connectivity index (χ3n) is 8.22. The Hall–Kier alpha value is -0.240. The van der Waals surface area contributed by atoms with E-state index < -0.39 is 6.10 Å². The topological polar surface area (TPSA) is 60.4 Å². The Balaban J connectivity index is 1.51. The minimum atomic E-state index is -0.428. The molecule has 27 heavy (non-hydrogen) atoms. The molecule has 4 rings (SSSR count). The van der Waals surface area contributed by atoms with Crippen LogP contribution in [0.2, 0.25) is 0 Å². The SMILES string of the molecule is COC1CC2CCN3CC4C(CC(O)C(OC)C4OC)CC3C2CC1OC. The van der Waals surface area contributed by atoms with Gasteiger partial charge in [0.05, 0.1) is 24.4 Å². The number of nitrogens with zero attached hydrogens (tertiary/aromatic N) is 1. The maximum Gasteiger partial charge on any atom is 0.109 e. The lowest BCUT2D eigenvalue weighted by Crippen LogP contribution is -2.64. The summed E-state index contributed by atoms with van der Waals surface area (Å²) < 4.78 is 23.0. The molecular weight excluding hydrogens is 346 g/mol. The minimum absolute atomic E-state index is 0.0154. The second kappa shape index (κ2) is 8.25. The van der Waals surface area contributed by atoms with Crippen LogP contribution in [0, 0.1) is 23.7 Å². The summed E-state index contributed by atoms with van der Waals surface area (Å²) in [6, 6.07) is 0.601. The van der Waals surface area contributed by atoms with Gasteiger partial charge in [-0.15, -0.1) is 0 Å². The maximum atomic E-state index is 10.6. The molecule has 2 saturated heterocycles. The number of aliphatic hydroxyl groups is 1. The number of hydrogen-bond acceptors (Lipinski definition) is 6. The summed E-state index contributed by atoms with van der Waals surface area (Å²) in [4.78, 5) is 2.71. The van der Waals surface area contributed by atoms with E-state index in [1.54, 1.807) is 14.2 Å². The third kappa shape index (κ3) is 3.47. The van der Waals surface area contributed by atoms with Crippen LogP contribution >= 0.6 is 0 Å². The average Bonchev–Trinajstić information content (AvgIpc) is 2.70. The van der Waals surface area contributed by atoms with Crippen LogP contribution in [0.3, 0.4) is 0 Å². The van der Waals surface area contributed by atoms with Crippen LogP contribution in [0.5, 0.6) is 0 Å². The van der Waals surface area contributed by atoms with E-state index in [4.69, 9.17) is 18.9 Å². The van der Waals surface area contributed by atoms with Crippen molar-refractivity contribution < 1.29 is 24.1 Å². The summed E-state index contributed by atoms with van der Waals surface area (Å²) in [6.45, 7) is 2.23. The lowest BCUT2D eigenvalue weighted by Gasteiger charge is -2.58. The quantitative estimate of drug-likeness (QED) is 0.795. The number of rotatable bonds is 4. The molecule has 10 unspecified atom stereocenters. The Bertz CT molecular complexity index is 505. The number of ether oxygens (including phenoxy) is 4. The van der Waals surface area contributed by atoms with Gasteiger partial charge in [-0.25, -0.2) is 0 Å². The molecule has 156 valence electrons. The van der Waals surface area contributed by atoms with Crippen molar-refractivity contribution >= 4 is 0 Å². The molecule has 0 bridgehead atoms. The van der Waals surface area contributed by atoms with Gasteiger partial charge in [0.2, 0.25) is 0 Å². The van der Waals surface area contributed by atoms with Crippen LogP contribution in [-0.4, -0.2) is 88.1 Å². The molecule has 2 aliphatic carbocycles. The number of methoxy groups -OCH3 is 4. The highest BCUT2D eigenvalue weighted by Crippen LogP contribution is 2.49. The van der Waals surface area contributed by atoms with Gasteiger partial charge in [-0.05, 0) is 56.4 Å². The van der Waals surface area contributed by atoms with Gasteiger partial charge >= 0.3 is 0 Å². The van der Waals surface area contributed by atoms with Crippen LogP contribution in [0.4, 0.5) is 0 Å². The Kier molecular flexibility index (Phi) is 6.12. The number of aliphatic hydroxyl groups excluding tert-OH is 1. The molecule has 4 fully saturated rings. The van der Waals surface area contributed by atoms with Gasteiger partial charge in [-0.2, -0.15) is 0 Å². The predicted octanol–water partition coefficient (Wildman–Crippen LogP) is 1.55. The van der Waals surface area contributed by atoms with Gasteiger partial charge in [0, 0.05) is 46.9 Å². The first-order valence-corrected chi connectivity index (χ1v) is 10.6. The standard InChI is InChI=1S/C21H37NO5/c1-24-18-9-12-5-6-22-11-15-13(7-16(22)14(12)10-19(18)25-2)8-17(23)21(27-4)20(15)26-3/h12-21,23H,5-11H2,1-4H3. The number of fused-ring (bicyclic) bond motifs is 4. The monoisotopic (exact) mass is 383 g/mol. The first-order chi connectivity index (χ1) is 13.1. The van der Waals surface area contributed by atoms with Crippen molar-refractivity contribution in [3.05, 3.63) is 0 Å². The highest BCUT2D eigenvalue weighted by atomic mass is 16.5. The molecule has 2 saturated carbocycles. The van der Waals surface area contributed by atoms with Gasteiger partial charge in [-0.3, -0.25) is 4.90 Å². The average molecular weight is 384 g/mol. The van der Waals surface area contributed by atoms with E-state index in [9.17, 15) is 5.11 Å². The maximum absolute atomic E-state index is 10.6. The van der Waals surface area contributed by atoms with E-state index in [1.165, 1.54) is 13.0 Å². The van der Waals surface area contributed by atoms with Crippen molar-refractivity contribution in [2.75, 3.05) is 41.5 Å². The first-order valence-electron chi connectivity index (χ1n) is 10.6. The Morgan fingerprint density at radius 1 is 0.741 bits per heavy atom. The van der Waals surface area contributed by atoms with Gasteiger partial charge in [0.15, 0.2) is 0 Å². The first kappa shape index (κ1) is 20.0. The zero-order chi connectivity index (χ0) is 19.1. The van der Waals surface area contributed by atoms with Crippen LogP contribution in [0.25, 0.3) is 0 Å². The number of hydrogen-bond donors (Lipinski definition) is 1. The van der Waals surface area contributed by atoms with Gasteiger partial charge < -0.3 is 24.1 Å². The van der Waals surface area contributed by atoms with E-state index in [0.29, 0.717) is 23.8 Å². The zero-order valence-electron chi connectivity index (χ0n) is 17.3. The molecule has 6 nitrogen and oxygen atoms in total.